The van der Waals surface area contributed by atoms with Gasteiger partial charge in [-0.25, -0.2) is 4.39 Å². The van der Waals surface area contributed by atoms with Crippen LogP contribution in [0.2, 0.25) is 0 Å². The number of ether oxygens (including phenoxy) is 1. The Morgan fingerprint density at radius 1 is 1.10 bits per heavy atom. The zero-order chi connectivity index (χ0) is 21.1. The van der Waals surface area contributed by atoms with Crippen LogP contribution in [-0.2, 0) is 4.79 Å². The molecule has 0 unspecified atom stereocenters. The van der Waals surface area contributed by atoms with Gasteiger partial charge >= 0.3 is 5.56 Å². The highest BCUT2D eigenvalue weighted by molar-refractivity contribution is 7.99. The molecule has 0 saturated heterocycles. The molecule has 0 bridgehead atoms. The summed E-state index contributed by atoms with van der Waals surface area (Å²) in [5, 5.41) is 11.1. The first-order valence-corrected chi connectivity index (χ1v) is 9.83. The van der Waals surface area contributed by atoms with Gasteiger partial charge in [0.05, 0.1) is 12.9 Å². The number of nitrogens with zero attached hydrogens (tertiary/aromatic N) is 4. The van der Waals surface area contributed by atoms with Gasteiger partial charge in [0.2, 0.25) is 11.6 Å². The molecule has 2 heterocycles. The molecule has 0 aliphatic rings. The van der Waals surface area contributed by atoms with Crippen LogP contribution in [0.1, 0.15) is 0 Å². The zero-order valence-corrected chi connectivity index (χ0v) is 16.6. The average molecular weight is 425 g/mol. The molecule has 0 fully saturated rings. The predicted octanol–water partition coefficient (Wildman–Crippen LogP) is 2.76. The number of fused-ring (bicyclic) bond motifs is 1. The number of halogens is 1. The van der Waals surface area contributed by atoms with Gasteiger partial charge in [0.1, 0.15) is 11.6 Å². The van der Waals surface area contributed by atoms with Gasteiger partial charge in [-0.15, -0.1) is 10.2 Å². The van der Waals surface area contributed by atoms with Crippen molar-refractivity contribution in [3.63, 3.8) is 0 Å². The van der Waals surface area contributed by atoms with Gasteiger partial charge in [-0.1, -0.05) is 11.8 Å². The molecule has 4 rings (SSSR count). The number of benzene rings is 2. The summed E-state index contributed by atoms with van der Waals surface area (Å²) in [6, 6.07) is 12.5. The van der Waals surface area contributed by atoms with Crippen molar-refractivity contribution in [3.8, 4) is 11.4 Å². The normalized spacial score (nSPS) is 10.9. The van der Waals surface area contributed by atoms with E-state index in [4.69, 9.17) is 4.74 Å². The summed E-state index contributed by atoms with van der Waals surface area (Å²) < 4.78 is 21.1. The van der Waals surface area contributed by atoms with Crippen molar-refractivity contribution in [2.75, 3.05) is 18.2 Å². The molecule has 0 saturated carbocycles. The van der Waals surface area contributed by atoms with E-state index in [-0.39, 0.29) is 28.7 Å². The molecule has 0 spiro atoms. The minimum atomic E-state index is -0.377. The van der Waals surface area contributed by atoms with Crippen LogP contribution >= 0.6 is 11.8 Å². The third kappa shape index (κ3) is 4.03. The molecule has 0 aliphatic heterocycles. The van der Waals surface area contributed by atoms with Crippen molar-refractivity contribution in [1.82, 2.24) is 19.2 Å². The van der Waals surface area contributed by atoms with Crippen LogP contribution in [0.15, 0.2) is 70.9 Å². The Morgan fingerprint density at radius 2 is 1.83 bits per heavy atom. The van der Waals surface area contributed by atoms with Crippen LogP contribution < -0.4 is 15.6 Å². The van der Waals surface area contributed by atoms with E-state index >= 15 is 0 Å². The van der Waals surface area contributed by atoms with E-state index in [1.165, 1.54) is 33.2 Å². The fraction of sp³-hybridized carbons (Fsp3) is 0.100. The zero-order valence-electron chi connectivity index (χ0n) is 15.8. The van der Waals surface area contributed by atoms with Gasteiger partial charge in [0.15, 0.2) is 5.16 Å². The monoisotopic (exact) mass is 425 g/mol. The number of aromatic nitrogens is 4. The number of amides is 1. The van der Waals surface area contributed by atoms with Crippen molar-refractivity contribution in [2.24, 2.45) is 0 Å². The minimum Gasteiger partial charge on any atom is -0.497 e. The van der Waals surface area contributed by atoms with Crippen molar-refractivity contribution < 1.29 is 13.9 Å². The number of carbonyl (C=O) groups is 1. The number of hydrogen-bond acceptors (Lipinski definition) is 6. The molecule has 8 nitrogen and oxygen atoms in total. The Balaban J connectivity index is 1.50. The van der Waals surface area contributed by atoms with Crippen molar-refractivity contribution in [3.05, 3.63) is 77.1 Å². The molecule has 152 valence electrons. The molecule has 1 amide bonds. The Bertz CT molecular complexity index is 1250. The van der Waals surface area contributed by atoms with Gasteiger partial charge in [-0.05, 0) is 48.5 Å². The standard InChI is InChI=1S/C20H16FN5O3S/c1-29-16-8-6-15(7-9-16)25-10-11-26-18(19(25)28)23-24-20(26)30-12-17(27)22-14-4-2-13(21)3-5-14/h2-11H,12H2,1H3,(H,22,27). The van der Waals surface area contributed by atoms with Crippen molar-refractivity contribution >= 4 is 29.0 Å². The molecule has 2 aromatic heterocycles. The smallest absolute Gasteiger partial charge is 0.300 e. The highest BCUT2D eigenvalue weighted by Crippen LogP contribution is 2.18. The summed E-state index contributed by atoms with van der Waals surface area (Å²) in [4.78, 5) is 24.9. The Kier molecular flexibility index (Phi) is 5.48. The SMILES string of the molecule is COc1ccc(-n2ccn3c(SCC(=O)Nc4ccc(F)cc4)nnc3c2=O)cc1. The number of methoxy groups -OCH3 is 1. The van der Waals surface area contributed by atoms with Crippen LogP contribution in [0, 0.1) is 5.82 Å². The summed E-state index contributed by atoms with van der Waals surface area (Å²) in [6.07, 6.45) is 3.28. The van der Waals surface area contributed by atoms with Crippen LogP contribution in [0.25, 0.3) is 11.3 Å². The highest BCUT2D eigenvalue weighted by atomic mass is 32.2. The summed E-state index contributed by atoms with van der Waals surface area (Å²) in [5.74, 6) is 0.0835. The molecule has 0 aliphatic carbocycles. The lowest BCUT2D eigenvalue weighted by atomic mass is 10.3. The lowest BCUT2D eigenvalue weighted by molar-refractivity contribution is -0.113. The number of rotatable bonds is 6. The van der Waals surface area contributed by atoms with Crippen LogP contribution in [0.4, 0.5) is 10.1 Å². The summed E-state index contributed by atoms with van der Waals surface area (Å²) in [5.41, 5.74) is 0.974. The molecule has 4 aromatic rings. The first-order chi connectivity index (χ1) is 14.5. The highest BCUT2D eigenvalue weighted by Gasteiger charge is 2.14. The number of anilines is 1. The topological polar surface area (TPSA) is 90.5 Å². The van der Waals surface area contributed by atoms with Crippen LogP contribution in [0.5, 0.6) is 5.75 Å². The Hall–Kier alpha value is -3.66. The van der Waals surface area contributed by atoms with E-state index in [0.717, 1.165) is 11.8 Å². The number of thioether (sulfide) groups is 1. The molecule has 30 heavy (non-hydrogen) atoms. The van der Waals surface area contributed by atoms with Gasteiger partial charge in [-0.3, -0.25) is 18.6 Å². The molecule has 0 atom stereocenters. The maximum atomic E-state index is 12.9. The maximum Gasteiger partial charge on any atom is 0.300 e. The summed E-state index contributed by atoms with van der Waals surface area (Å²) in [6.45, 7) is 0. The number of nitrogens with one attached hydrogen (secondary N) is 1. The molecule has 2 aromatic carbocycles. The molecule has 0 radical (unpaired) electrons. The predicted molar refractivity (Wildman–Crippen MR) is 111 cm³/mol. The second-order valence-electron chi connectivity index (χ2n) is 6.19. The second kappa shape index (κ2) is 8.37. The first kappa shape index (κ1) is 19.6. The summed E-state index contributed by atoms with van der Waals surface area (Å²) >= 11 is 1.14. The van der Waals surface area contributed by atoms with Crippen LogP contribution in [0.3, 0.4) is 0 Å². The minimum absolute atomic E-state index is 0.0553. The fourth-order valence-corrected chi connectivity index (χ4v) is 3.49. The van der Waals surface area contributed by atoms with Gasteiger partial charge < -0.3 is 10.1 Å². The summed E-state index contributed by atoms with van der Waals surface area (Å²) in [7, 11) is 1.57. The van der Waals surface area contributed by atoms with Crippen molar-refractivity contribution in [1.29, 1.82) is 0 Å². The quantitative estimate of drug-likeness (QED) is 0.478. The van der Waals surface area contributed by atoms with Crippen molar-refractivity contribution in [2.45, 2.75) is 5.16 Å². The molecule has 1 N–H and O–H groups in total. The Labute approximate surface area is 174 Å². The Morgan fingerprint density at radius 3 is 2.53 bits per heavy atom. The van der Waals surface area contributed by atoms with Gasteiger partial charge in [0.25, 0.3) is 0 Å². The lowest BCUT2D eigenvalue weighted by Crippen LogP contribution is -2.20. The van der Waals surface area contributed by atoms with E-state index in [1.54, 1.807) is 43.8 Å². The third-order valence-electron chi connectivity index (χ3n) is 4.25. The first-order valence-electron chi connectivity index (χ1n) is 8.84. The number of hydrogen-bond donors (Lipinski definition) is 1. The van der Waals surface area contributed by atoms with E-state index < -0.39 is 0 Å². The van der Waals surface area contributed by atoms with E-state index in [2.05, 4.69) is 15.5 Å². The van der Waals surface area contributed by atoms with Gasteiger partial charge in [0, 0.05) is 23.8 Å². The fourth-order valence-electron chi connectivity index (χ4n) is 2.77. The third-order valence-corrected chi connectivity index (χ3v) is 5.19. The van der Waals surface area contributed by atoms with E-state index in [0.29, 0.717) is 22.3 Å². The second-order valence-corrected chi connectivity index (χ2v) is 7.13. The lowest BCUT2D eigenvalue weighted by Gasteiger charge is -2.07. The average Bonchev–Trinajstić information content (AvgIpc) is 3.18. The largest absolute Gasteiger partial charge is 0.497 e. The van der Waals surface area contributed by atoms with Gasteiger partial charge in [-0.2, -0.15) is 0 Å². The molecular weight excluding hydrogens is 409 g/mol. The molecule has 10 heteroatoms. The van der Waals surface area contributed by atoms with E-state index in [9.17, 15) is 14.0 Å². The molecular formula is C20H16FN5O3S. The van der Waals surface area contributed by atoms with E-state index in [1.807, 2.05) is 0 Å². The van der Waals surface area contributed by atoms with Crippen LogP contribution in [-0.4, -0.2) is 37.9 Å². The maximum absolute atomic E-state index is 12.9. The number of carbonyl (C=O) groups excluding carboxylic acids is 1.